The lowest BCUT2D eigenvalue weighted by Crippen LogP contribution is -2.65. The molecule has 1 atom stereocenters. The first-order chi connectivity index (χ1) is 6.37. The van der Waals surface area contributed by atoms with Gasteiger partial charge in [-0.05, 0) is 20.8 Å². The Morgan fingerprint density at radius 2 is 2.21 bits per heavy atom. The van der Waals surface area contributed by atoms with E-state index < -0.39 is 11.6 Å². The first kappa shape index (κ1) is 11.0. The number of rotatable bonds is 1. The van der Waals surface area contributed by atoms with Crippen LogP contribution >= 0.6 is 0 Å². The first-order valence-electron chi connectivity index (χ1n) is 4.72. The zero-order valence-corrected chi connectivity index (χ0v) is 8.83. The minimum Gasteiger partial charge on any atom is -0.352 e. The van der Waals surface area contributed by atoms with Crippen molar-refractivity contribution >= 4 is 11.8 Å². The third-order valence-electron chi connectivity index (χ3n) is 2.51. The topological polar surface area (TPSA) is 75.4 Å². The number of hydrogen-bond acceptors (Lipinski definition) is 3. The second kappa shape index (κ2) is 3.57. The predicted octanol–water partition coefficient (Wildman–Crippen LogP) is -0.929. The first-order valence-corrected chi connectivity index (χ1v) is 4.72. The number of amides is 2. The zero-order chi connectivity index (χ0) is 10.9. The average Bonchev–Trinajstić information content (AvgIpc) is 2.08. The molecule has 14 heavy (non-hydrogen) atoms. The molecule has 0 aromatic rings. The SMILES string of the molecule is C[C@H](N)C(=O)N1CCNC(=O)C1(C)C. The van der Waals surface area contributed by atoms with Crippen LogP contribution in [0, 0.1) is 0 Å². The lowest BCUT2D eigenvalue weighted by molar-refractivity contribution is -0.149. The molecular formula is C9H17N3O2. The molecule has 1 aliphatic rings. The molecule has 0 bridgehead atoms. The summed E-state index contributed by atoms with van der Waals surface area (Å²) in [5, 5.41) is 2.72. The number of carbonyl (C=O) groups is 2. The Labute approximate surface area is 83.6 Å². The van der Waals surface area contributed by atoms with Gasteiger partial charge in [-0.2, -0.15) is 0 Å². The standard InChI is InChI=1S/C9H17N3O2/c1-6(10)7(13)12-5-4-11-8(14)9(12,2)3/h6H,4-5,10H2,1-3H3,(H,11,14)/t6-/m0/s1. The Bertz CT molecular complexity index is 261. The molecule has 1 heterocycles. The highest BCUT2D eigenvalue weighted by molar-refractivity contribution is 5.93. The van der Waals surface area contributed by atoms with E-state index in [1.54, 1.807) is 20.8 Å². The summed E-state index contributed by atoms with van der Waals surface area (Å²) in [6.07, 6.45) is 0. The molecule has 2 amide bonds. The molecule has 0 saturated carbocycles. The molecule has 0 aliphatic carbocycles. The van der Waals surface area contributed by atoms with Crippen molar-refractivity contribution < 1.29 is 9.59 Å². The molecule has 0 spiro atoms. The molecule has 0 aromatic heterocycles. The second-order valence-electron chi connectivity index (χ2n) is 4.09. The number of hydrogen-bond donors (Lipinski definition) is 2. The van der Waals surface area contributed by atoms with E-state index in [1.165, 1.54) is 4.90 Å². The van der Waals surface area contributed by atoms with Gasteiger partial charge in [-0.15, -0.1) is 0 Å². The molecule has 1 rings (SSSR count). The number of piperazine rings is 1. The molecular weight excluding hydrogens is 182 g/mol. The molecule has 1 fully saturated rings. The molecule has 5 heteroatoms. The highest BCUT2D eigenvalue weighted by Gasteiger charge is 2.40. The Morgan fingerprint density at radius 1 is 1.64 bits per heavy atom. The van der Waals surface area contributed by atoms with Crippen molar-refractivity contribution in [2.45, 2.75) is 32.4 Å². The van der Waals surface area contributed by atoms with Crippen LogP contribution in [0.5, 0.6) is 0 Å². The minimum absolute atomic E-state index is 0.127. The molecule has 1 aliphatic heterocycles. The molecule has 5 nitrogen and oxygen atoms in total. The van der Waals surface area contributed by atoms with Crippen molar-refractivity contribution in [3.8, 4) is 0 Å². The van der Waals surface area contributed by atoms with Crippen LogP contribution in [0.25, 0.3) is 0 Å². The average molecular weight is 199 g/mol. The predicted molar refractivity (Wildman–Crippen MR) is 52.5 cm³/mol. The molecule has 0 aromatic carbocycles. The van der Waals surface area contributed by atoms with Gasteiger partial charge in [0.15, 0.2) is 0 Å². The summed E-state index contributed by atoms with van der Waals surface area (Å²) in [5.41, 5.74) is 4.72. The minimum atomic E-state index is -0.789. The summed E-state index contributed by atoms with van der Waals surface area (Å²) in [5.74, 6) is -0.303. The van der Waals surface area contributed by atoms with Gasteiger partial charge in [0, 0.05) is 13.1 Å². The summed E-state index contributed by atoms with van der Waals surface area (Å²) in [6.45, 7) is 6.11. The van der Waals surface area contributed by atoms with E-state index in [2.05, 4.69) is 5.32 Å². The largest absolute Gasteiger partial charge is 0.352 e. The van der Waals surface area contributed by atoms with Crippen LogP contribution in [0.1, 0.15) is 20.8 Å². The van der Waals surface area contributed by atoms with Gasteiger partial charge >= 0.3 is 0 Å². The van der Waals surface area contributed by atoms with Crippen molar-refractivity contribution in [1.82, 2.24) is 10.2 Å². The lowest BCUT2D eigenvalue weighted by atomic mass is 9.98. The van der Waals surface area contributed by atoms with E-state index in [4.69, 9.17) is 5.73 Å². The van der Waals surface area contributed by atoms with Gasteiger partial charge in [-0.3, -0.25) is 9.59 Å². The van der Waals surface area contributed by atoms with Gasteiger partial charge < -0.3 is 16.0 Å². The number of nitrogens with one attached hydrogen (secondary N) is 1. The van der Waals surface area contributed by atoms with Gasteiger partial charge in [0.05, 0.1) is 6.04 Å². The van der Waals surface area contributed by atoms with E-state index in [0.29, 0.717) is 13.1 Å². The highest BCUT2D eigenvalue weighted by atomic mass is 16.2. The maximum absolute atomic E-state index is 11.7. The smallest absolute Gasteiger partial charge is 0.245 e. The van der Waals surface area contributed by atoms with Crippen molar-refractivity contribution in [2.75, 3.05) is 13.1 Å². The van der Waals surface area contributed by atoms with Crippen molar-refractivity contribution in [1.29, 1.82) is 0 Å². The van der Waals surface area contributed by atoms with Crippen LogP contribution in [0.3, 0.4) is 0 Å². The fourth-order valence-electron chi connectivity index (χ4n) is 1.53. The van der Waals surface area contributed by atoms with Crippen LogP contribution in [0.2, 0.25) is 0 Å². The van der Waals surface area contributed by atoms with Gasteiger partial charge in [-0.1, -0.05) is 0 Å². The van der Waals surface area contributed by atoms with E-state index >= 15 is 0 Å². The number of nitrogens with two attached hydrogens (primary N) is 1. The summed E-state index contributed by atoms with van der Waals surface area (Å²) in [7, 11) is 0. The highest BCUT2D eigenvalue weighted by Crippen LogP contribution is 2.18. The van der Waals surface area contributed by atoms with E-state index in [9.17, 15) is 9.59 Å². The van der Waals surface area contributed by atoms with Gasteiger partial charge in [-0.25, -0.2) is 0 Å². The second-order valence-corrected chi connectivity index (χ2v) is 4.09. The van der Waals surface area contributed by atoms with Crippen LogP contribution in [-0.4, -0.2) is 41.4 Å². The number of carbonyl (C=O) groups excluding carboxylic acids is 2. The molecule has 3 N–H and O–H groups in total. The van der Waals surface area contributed by atoms with E-state index in [1.807, 2.05) is 0 Å². The van der Waals surface area contributed by atoms with Crippen molar-refractivity contribution in [3.05, 3.63) is 0 Å². The Balaban J connectivity index is 2.87. The monoisotopic (exact) mass is 199 g/mol. The Morgan fingerprint density at radius 3 is 2.71 bits per heavy atom. The van der Waals surface area contributed by atoms with Crippen molar-refractivity contribution in [2.24, 2.45) is 5.73 Å². The normalized spacial score (nSPS) is 22.9. The lowest BCUT2D eigenvalue weighted by Gasteiger charge is -2.41. The Kier molecular flexibility index (Phi) is 2.80. The van der Waals surface area contributed by atoms with Crippen molar-refractivity contribution in [3.63, 3.8) is 0 Å². The summed E-state index contributed by atoms with van der Waals surface area (Å²) < 4.78 is 0. The third-order valence-corrected chi connectivity index (χ3v) is 2.51. The summed E-state index contributed by atoms with van der Waals surface area (Å²) in [4.78, 5) is 24.7. The maximum atomic E-state index is 11.7. The maximum Gasteiger partial charge on any atom is 0.245 e. The van der Waals surface area contributed by atoms with Crippen LogP contribution in [0.15, 0.2) is 0 Å². The van der Waals surface area contributed by atoms with Crippen LogP contribution in [-0.2, 0) is 9.59 Å². The summed E-state index contributed by atoms with van der Waals surface area (Å²) >= 11 is 0. The van der Waals surface area contributed by atoms with E-state index in [0.717, 1.165) is 0 Å². The van der Waals surface area contributed by atoms with Gasteiger partial charge in [0.2, 0.25) is 11.8 Å². The number of nitrogens with zero attached hydrogens (tertiary/aromatic N) is 1. The summed E-state index contributed by atoms with van der Waals surface area (Å²) in [6, 6.07) is -0.555. The quantitative estimate of drug-likeness (QED) is 0.573. The van der Waals surface area contributed by atoms with Gasteiger partial charge in [0.25, 0.3) is 0 Å². The van der Waals surface area contributed by atoms with Crippen LogP contribution < -0.4 is 11.1 Å². The molecule has 0 radical (unpaired) electrons. The van der Waals surface area contributed by atoms with Gasteiger partial charge in [0.1, 0.15) is 5.54 Å². The fourth-order valence-corrected chi connectivity index (χ4v) is 1.53. The molecule has 0 unspecified atom stereocenters. The Hall–Kier alpha value is -1.10. The van der Waals surface area contributed by atoms with Crippen LogP contribution in [0.4, 0.5) is 0 Å². The zero-order valence-electron chi connectivity index (χ0n) is 8.83. The molecule has 1 saturated heterocycles. The third kappa shape index (κ3) is 1.72. The fraction of sp³-hybridized carbons (Fsp3) is 0.778. The molecule has 80 valence electrons. The van der Waals surface area contributed by atoms with E-state index in [-0.39, 0.29) is 11.8 Å².